The van der Waals surface area contributed by atoms with Gasteiger partial charge in [-0.25, -0.2) is 0 Å². The van der Waals surface area contributed by atoms with E-state index in [4.69, 9.17) is 0 Å². The van der Waals surface area contributed by atoms with Gasteiger partial charge in [0.1, 0.15) is 0 Å². The maximum absolute atomic E-state index is 12.7. The molecule has 0 aliphatic carbocycles. The van der Waals surface area contributed by atoms with Crippen LogP contribution < -0.4 is 0 Å². The van der Waals surface area contributed by atoms with Crippen LogP contribution in [0.5, 0.6) is 0 Å². The standard InChI is InChI=1S/C21H15BrN2O3S/c1-23-11-14(16-4-2-3-5-17(16)23)10-19-20(26)24(21(27)28-19)12-18(25)13-6-8-15(22)9-7-13/h2-11H,12H2,1H3/b19-10+. The summed E-state index contributed by atoms with van der Waals surface area (Å²) >= 11 is 4.18. The quantitative estimate of drug-likeness (QED) is 0.417. The van der Waals surface area contributed by atoms with Crippen molar-refractivity contribution in [1.82, 2.24) is 9.47 Å². The molecule has 1 aromatic heterocycles. The maximum atomic E-state index is 12.7. The molecule has 7 heteroatoms. The third-order valence-electron chi connectivity index (χ3n) is 4.56. The zero-order valence-corrected chi connectivity index (χ0v) is 17.3. The van der Waals surface area contributed by atoms with Crippen molar-refractivity contribution in [3.63, 3.8) is 0 Å². The average molecular weight is 455 g/mol. The topological polar surface area (TPSA) is 59.4 Å². The highest BCUT2D eigenvalue weighted by molar-refractivity contribution is 9.10. The van der Waals surface area contributed by atoms with Crippen molar-refractivity contribution in [1.29, 1.82) is 0 Å². The summed E-state index contributed by atoms with van der Waals surface area (Å²) in [5.74, 6) is -0.713. The number of benzene rings is 2. The van der Waals surface area contributed by atoms with Crippen LogP contribution in [0.1, 0.15) is 15.9 Å². The van der Waals surface area contributed by atoms with Crippen molar-refractivity contribution in [2.45, 2.75) is 0 Å². The van der Waals surface area contributed by atoms with Crippen molar-refractivity contribution < 1.29 is 14.4 Å². The number of thioether (sulfide) groups is 1. The van der Waals surface area contributed by atoms with E-state index < -0.39 is 11.1 Å². The number of halogens is 1. The molecule has 0 radical (unpaired) electrons. The second-order valence-corrected chi connectivity index (χ2v) is 8.32. The van der Waals surface area contributed by atoms with E-state index in [1.165, 1.54) is 0 Å². The first-order valence-corrected chi connectivity index (χ1v) is 10.1. The van der Waals surface area contributed by atoms with Gasteiger partial charge in [-0.05, 0) is 36.0 Å². The first kappa shape index (κ1) is 18.7. The minimum absolute atomic E-state index is 0.265. The molecule has 28 heavy (non-hydrogen) atoms. The number of aryl methyl sites for hydroxylation is 1. The number of carbonyl (C=O) groups is 3. The first-order valence-electron chi connectivity index (χ1n) is 8.52. The maximum Gasteiger partial charge on any atom is 0.293 e. The Kier molecular flexibility index (Phi) is 4.95. The van der Waals surface area contributed by atoms with Gasteiger partial charge in [0.05, 0.1) is 11.4 Å². The Hall–Kier alpha value is -2.64. The predicted molar refractivity (Wildman–Crippen MR) is 114 cm³/mol. The lowest BCUT2D eigenvalue weighted by atomic mass is 10.1. The monoisotopic (exact) mass is 454 g/mol. The van der Waals surface area contributed by atoms with Crippen LogP contribution in [-0.4, -0.2) is 32.9 Å². The van der Waals surface area contributed by atoms with Gasteiger partial charge in [-0.1, -0.05) is 46.3 Å². The Morgan fingerprint density at radius 1 is 1.11 bits per heavy atom. The lowest BCUT2D eigenvalue weighted by Crippen LogP contribution is -2.33. The molecule has 2 aromatic carbocycles. The highest BCUT2D eigenvalue weighted by atomic mass is 79.9. The summed E-state index contributed by atoms with van der Waals surface area (Å²) in [6.45, 7) is -0.265. The van der Waals surface area contributed by atoms with Gasteiger partial charge in [-0.15, -0.1) is 0 Å². The number of fused-ring (bicyclic) bond motifs is 1. The van der Waals surface area contributed by atoms with Crippen LogP contribution in [0.15, 0.2) is 64.1 Å². The fraction of sp³-hybridized carbons (Fsp3) is 0.0952. The number of ketones is 1. The predicted octanol–water partition coefficient (Wildman–Crippen LogP) is 4.86. The van der Waals surface area contributed by atoms with Crippen molar-refractivity contribution >= 4 is 61.6 Å². The summed E-state index contributed by atoms with van der Waals surface area (Å²) < 4.78 is 2.83. The van der Waals surface area contributed by atoms with Gasteiger partial charge in [0.25, 0.3) is 11.1 Å². The molecule has 0 saturated carbocycles. The van der Waals surface area contributed by atoms with Gasteiger partial charge in [0.2, 0.25) is 0 Å². The van der Waals surface area contributed by atoms with E-state index in [0.717, 1.165) is 37.6 Å². The molecular formula is C21H15BrN2O3S. The largest absolute Gasteiger partial charge is 0.350 e. The Morgan fingerprint density at radius 3 is 2.57 bits per heavy atom. The van der Waals surface area contributed by atoms with Crippen LogP contribution in [0.25, 0.3) is 17.0 Å². The summed E-state index contributed by atoms with van der Waals surface area (Å²) in [5.41, 5.74) is 2.36. The smallest absolute Gasteiger partial charge is 0.293 e. The molecule has 5 nitrogen and oxygen atoms in total. The van der Waals surface area contributed by atoms with Crippen LogP contribution in [0, 0.1) is 0 Å². The van der Waals surface area contributed by atoms with E-state index in [0.29, 0.717) is 10.5 Å². The third kappa shape index (κ3) is 3.43. The van der Waals surface area contributed by atoms with Crippen molar-refractivity contribution in [2.75, 3.05) is 6.54 Å². The SMILES string of the molecule is Cn1cc(/C=C2/SC(=O)N(CC(=O)c3ccc(Br)cc3)C2=O)c2ccccc21. The minimum atomic E-state index is -0.437. The number of aromatic nitrogens is 1. The van der Waals surface area contributed by atoms with Crippen LogP contribution >= 0.6 is 27.7 Å². The molecule has 2 amide bonds. The number of carbonyl (C=O) groups excluding carboxylic acids is 3. The molecule has 4 rings (SSSR count). The molecule has 2 heterocycles. The number of hydrogen-bond donors (Lipinski definition) is 0. The summed E-state index contributed by atoms with van der Waals surface area (Å²) in [5, 5.41) is 0.574. The highest BCUT2D eigenvalue weighted by Gasteiger charge is 2.36. The summed E-state index contributed by atoms with van der Waals surface area (Å²) in [6.07, 6.45) is 3.64. The zero-order valence-electron chi connectivity index (χ0n) is 14.9. The Labute approximate surface area is 174 Å². The number of imide groups is 1. The first-order chi connectivity index (χ1) is 13.4. The number of para-hydroxylation sites is 1. The number of nitrogens with zero attached hydrogens (tertiary/aromatic N) is 2. The Morgan fingerprint density at radius 2 is 1.82 bits per heavy atom. The van der Waals surface area contributed by atoms with E-state index in [-0.39, 0.29) is 12.3 Å². The van der Waals surface area contributed by atoms with Crippen molar-refractivity contribution in [2.24, 2.45) is 7.05 Å². The third-order valence-corrected chi connectivity index (χ3v) is 5.99. The molecule has 1 aliphatic rings. The molecule has 0 N–H and O–H groups in total. The average Bonchev–Trinajstić information content (AvgIpc) is 3.14. The van der Waals surface area contributed by atoms with E-state index >= 15 is 0 Å². The number of rotatable bonds is 4. The van der Waals surface area contributed by atoms with Gasteiger partial charge in [-0.3, -0.25) is 19.3 Å². The lowest BCUT2D eigenvalue weighted by molar-refractivity contribution is -0.122. The molecule has 0 atom stereocenters. The van der Waals surface area contributed by atoms with Crippen LogP contribution in [0.2, 0.25) is 0 Å². The van der Waals surface area contributed by atoms with E-state index in [1.54, 1.807) is 30.3 Å². The van der Waals surface area contributed by atoms with Gasteiger partial charge in [0.15, 0.2) is 5.78 Å². The fourth-order valence-electron chi connectivity index (χ4n) is 3.14. The van der Waals surface area contributed by atoms with E-state index in [1.807, 2.05) is 42.1 Å². The van der Waals surface area contributed by atoms with Gasteiger partial charge >= 0.3 is 0 Å². The zero-order chi connectivity index (χ0) is 19.8. The molecule has 1 saturated heterocycles. The van der Waals surface area contributed by atoms with Crippen LogP contribution in [0.3, 0.4) is 0 Å². The molecule has 1 fully saturated rings. The molecule has 3 aromatic rings. The Balaban J connectivity index is 1.59. The Bertz CT molecular complexity index is 1150. The summed E-state index contributed by atoms with van der Waals surface area (Å²) in [4.78, 5) is 38.9. The summed E-state index contributed by atoms with van der Waals surface area (Å²) in [7, 11) is 1.93. The number of hydrogen-bond acceptors (Lipinski definition) is 4. The van der Waals surface area contributed by atoms with Gasteiger partial charge < -0.3 is 4.57 Å². The normalized spacial score (nSPS) is 15.8. The van der Waals surface area contributed by atoms with Gasteiger partial charge in [0, 0.05) is 39.7 Å². The number of Topliss-reactive ketones (excluding diaryl/α,β-unsaturated/α-hetero) is 1. The van der Waals surface area contributed by atoms with Crippen LogP contribution in [0.4, 0.5) is 4.79 Å². The molecule has 0 unspecified atom stereocenters. The van der Waals surface area contributed by atoms with Gasteiger partial charge in [-0.2, -0.15) is 0 Å². The highest BCUT2D eigenvalue weighted by Crippen LogP contribution is 2.34. The second kappa shape index (κ2) is 7.41. The van der Waals surface area contributed by atoms with Crippen LogP contribution in [-0.2, 0) is 11.8 Å². The minimum Gasteiger partial charge on any atom is -0.350 e. The van der Waals surface area contributed by atoms with Crippen molar-refractivity contribution in [3.8, 4) is 0 Å². The molecule has 0 spiro atoms. The molecule has 140 valence electrons. The van der Waals surface area contributed by atoms with Crippen molar-refractivity contribution in [3.05, 3.63) is 75.2 Å². The number of amides is 2. The summed E-state index contributed by atoms with van der Waals surface area (Å²) in [6, 6.07) is 14.7. The van der Waals surface area contributed by atoms with E-state index in [2.05, 4.69) is 15.9 Å². The fourth-order valence-corrected chi connectivity index (χ4v) is 4.23. The molecular weight excluding hydrogens is 440 g/mol. The molecule has 0 bridgehead atoms. The second-order valence-electron chi connectivity index (χ2n) is 6.41. The van der Waals surface area contributed by atoms with E-state index in [9.17, 15) is 14.4 Å². The molecule has 1 aliphatic heterocycles. The lowest BCUT2D eigenvalue weighted by Gasteiger charge is -2.11.